The van der Waals surface area contributed by atoms with Gasteiger partial charge in [-0.1, -0.05) is 12.1 Å². The average molecular weight is 473 g/mol. The highest BCUT2D eigenvalue weighted by atomic mass is 127. The Morgan fingerprint density at radius 2 is 1.85 bits per heavy atom. The summed E-state index contributed by atoms with van der Waals surface area (Å²) >= 11 is 0. The number of aromatic nitrogens is 1. The molecule has 144 valence electrons. The van der Waals surface area contributed by atoms with Crippen LogP contribution in [0, 0.1) is 13.8 Å². The molecule has 2 rings (SSSR count). The standard InChI is InChI=1S/C18H27N5O2.HI/c1-13-14(2)25-17(23-13)12-22-18(19-3)21-11-15-5-7-16(8-6-15)20-9-10-24-4;/h5-8,20H,9-12H2,1-4H3,(H2,19,21,22);1H. The van der Waals surface area contributed by atoms with Crippen molar-refractivity contribution in [1.82, 2.24) is 15.6 Å². The lowest BCUT2D eigenvalue weighted by Gasteiger charge is -2.11. The summed E-state index contributed by atoms with van der Waals surface area (Å²) in [6, 6.07) is 8.27. The molecule has 0 fully saturated rings. The van der Waals surface area contributed by atoms with Gasteiger partial charge in [0.1, 0.15) is 5.76 Å². The molecule has 0 aliphatic rings. The number of nitrogens with zero attached hydrogens (tertiary/aromatic N) is 2. The number of halogens is 1. The maximum Gasteiger partial charge on any atom is 0.214 e. The molecule has 0 saturated heterocycles. The zero-order valence-corrected chi connectivity index (χ0v) is 18.1. The van der Waals surface area contributed by atoms with Crippen molar-refractivity contribution in [2.75, 3.05) is 32.6 Å². The normalized spacial score (nSPS) is 11.0. The van der Waals surface area contributed by atoms with Crippen LogP contribution in [-0.2, 0) is 17.8 Å². The fraction of sp³-hybridized carbons (Fsp3) is 0.444. The predicted molar refractivity (Wildman–Crippen MR) is 115 cm³/mol. The van der Waals surface area contributed by atoms with Crippen LogP contribution in [0.15, 0.2) is 33.7 Å². The number of nitrogens with one attached hydrogen (secondary N) is 3. The largest absolute Gasteiger partial charge is 0.444 e. The minimum absolute atomic E-state index is 0. The van der Waals surface area contributed by atoms with Crippen LogP contribution in [0.3, 0.4) is 0 Å². The van der Waals surface area contributed by atoms with Gasteiger partial charge in [0.05, 0.1) is 18.8 Å². The fourth-order valence-corrected chi connectivity index (χ4v) is 2.22. The quantitative estimate of drug-likeness (QED) is 0.237. The number of rotatable bonds is 8. The van der Waals surface area contributed by atoms with Crippen LogP contribution in [0.2, 0.25) is 0 Å². The third kappa shape index (κ3) is 7.20. The van der Waals surface area contributed by atoms with Crippen molar-refractivity contribution in [3.63, 3.8) is 0 Å². The van der Waals surface area contributed by atoms with E-state index in [1.54, 1.807) is 14.2 Å². The first-order valence-corrected chi connectivity index (χ1v) is 8.31. The highest BCUT2D eigenvalue weighted by molar-refractivity contribution is 14.0. The fourth-order valence-electron chi connectivity index (χ4n) is 2.22. The first kappa shape index (κ1) is 22.2. The van der Waals surface area contributed by atoms with Gasteiger partial charge in [-0.05, 0) is 31.5 Å². The van der Waals surface area contributed by atoms with E-state index in [2.05, 4.69) is 50.2 Å². The Morgan fingerprint density at radius 3 is 2.42 bits per heavy atom. The molecule has 3 N–H and O–H groups in total. The Bertz CT molecular complexity index is 666. The second kappa shape index (κ2) is 11.7. The summed E-state index contributed by atoms with van der Waals surface area (Å²) in [6.07, 6.45) is 0. The topological polar surface area (TPSA) is 83.7 Å². The smallest absolute Gasteiger partial charge is 0.214 e. The first-order valence-electron chi connectivity index (χ1n) is 8.31. The molecule has 0 spiro atoms. The number of anilines is 1. The van der Waals surface area contributed by atoms with E-state index in [1.165, 1.54) is 5.56 Å². The van der Waals surface area contributed by atoms with Gasteiger partial charge in [0.25, 0.3) is 0 Å². The Balaban J connectivity index is 0.00000338. The molecule has 1 aromatic heterocycles. The summed E-state index contributed by atoms with van der Waals surface area (Å²) in [7, 11) is 3.44. The van der Waals surface area contributed by atoms with Crippen molar-refractivity contribution >= 4 is 35.6 Å². The number of hydrogen-bond donors (Lipinski definition) is 3. The van der Waals surface area contributed by atoms with Crippen molar-refractivity contribution < 1.29 is 9.15 Å². The van der Waals surface area contributed by atoms with E-state index in [4.69, 9.17) is 9.15 Å². The van der Waals surface area contributed by atoms with E-state index in [0.717, 1.165) is 23.7 Å². The van der Waals surface area contributed by atoms with E-state index in [-0.39, 0.29) is 24.0 Å². The average Bonchev–Trinajstić information content (AvgIpc) is 2.94. The van der Waals surface area contributed by atoms with Gasteiger partial charge in [0.2, 0.25) is 5.89 Å². The number of ether oxygens (including phenoxy) is 1. The molecule has 0 bridgehead atoms. The molecule has 2 aromatic rings. The van der Waals surface area contributed by atoms with Crippen LogP contribution in [0.4, 0.5) is 5.69 Å². The molecule has 0 radical (unpaired) electrons. The van der Waals surface area contributed by atoms with Gasteiger partial charge in [-0.25, -0.2) is 4.98 Å². The van der Waals surface area contributed by atoms with E-state index in [1.807, 2.05) is 13.8 Å². The second-order valence-corrected chi connectivity index (χ2v) is 5.65. The van der Waals surface area contributed by atoms with Crippen LogP contribution in [0.25, 0.3) is 0 Å². The number of benzene rings is 1. The van der Waals surface area contributed by atoms with Crippen LogP contribution in [0.1, 0.15) is 22.9 Å². The van der Waals surface area contributed by atoms with Crippen LogP contribution in [-0.4, -0.2) is 38.3 Å². The van der Waals surface area contributed by atoms with Gasteiger partial charge < -0.3 is 25.1 Å². The summed E-state index contributed by atoms with van der Waals surface area (Å²) in [4.78, 5) is 8.56. The van der Waals surface area contributed by atoms with E-state index < -0.39 is 0 Å². The predicted octanol–water partition coefficient (Wildman–Crippen LogP) is 2.83. The molecular weight excluding hydrogens is 445 g/mol. The van der Waals surface area contributed by atoms with Gasteiger partial charge in [0, 0.05) is 32.9 Å². The maximum atomic E-state index is 5.55. The van der Waals surface area contributed by atoms with E-state index >= 15 is 0 Å². The van der Waals surface area contributed by atoms with Gasteiger partial charge in [-0.2, -0.15) is 0 Å². The molecule has 26 heavy (non-hydrogen) atoms. The number of aryl methyl sites for hydroxylation is 2. The van der Waals surface area contributed by atoms with Crippen LogP contribution >= 0.6 is 24.0 Å². The van der Waals surface area contributed by atoms with E-state index in [9.17, 15) is 0 Å². The van der Waals surface area contributed by atoms with Crippen molar-refractivity contribution in [2.24, 2.45) is 4.99 Å². The Labute approximate surface area is 172 Å². The third-order valence-electron chi connectivity index (χ3n) is 3.75. The minimum atomic E-state index is 0. The Kier molecular flexibility index (Phi) is 10.0. The summed E-state index contributed by atoms with van der Waals surface area (Å²) in [5.74, 6) is 2.21. The zero-order chi connectivity index (χ0) is 18.1. The monoisotopic (exact) mass is 473 g/mol. The number of guanidine groups is 1. The molecule has 1 aromatic carbocycles. The zero-order valence-electron chi connectivity index (χ0n) is 15.8. The maximum absolute atomic E-state index is 5.55. The Hall–Kier alpha value is -1.81. The summed E-state index contributed by atoms with van der Waals surface area (Å²) < 4.78 is 10.6. The summed E-state index contributed by atoms with van der Waals surface area (Å²) in [5, 5.41) is 9.77. The lowest BCUT2D eigenvalue weighted by atomic mass is 10.2. The van der Waals surface area contributed by atoms with Gasteiger partial charge in [-0.15, -0.1) is 24.0 Å². The highest BCUT2D eigenvalue weighted by Crippen LogP contribution is 2.09. The van der Waals surface area contributed by atoms with Crippen molar-refractivity contribution in [2.45, 2.75) is 26.9 Å². The molecule has 0 saturated carbocycles. The second-order valence-electron chi connectivity index (χ2n) is 5.65. The van der Waals surface area contributed by atoms with Crippen molar-refractivity contribution in [3.8, 4) is 0 Å². The third-order valence-corrected chi connectivity index (χ3v) is 3.75. The lowest BCUT2D eigenvalue weighted by Crippen LogP contribution is -2.36. The number of oxazole rings is 1. The molecule has 0 aliphatic heterocycles. The number of methoxy groups -OCH3 is 1. The molecular formula is C18H28IN5O2. The molecule has 1 heterocycles. The summed E-state index contributed by atoms with van der Waals surface area (Å²) in [5.41, 5.74) is 3.17. The molecule has 0 aliphatic carbocycles. The SMILES string of the molecule is CN=C(NCc1ccc(NCCOC)cc1)NCc1nc(C)c(C)o1.I. The minimum Gasteiger partial charge on any atom is -0.444 e. The summed E-state index contributed by atoms with van der Waals surface area (Å²) in [6.45, 7) is 6.51. The van der Waals surface area contributed by atoms with Crippen molar-refractivity contribution in [1.29, 1.82) is 0 Å². The van der Waals surface area contributed by atoms with Crippen LogP contribution < -0.4 is 16.0 Å². The van der Waals surface area contributed by atoms with Gasteiger partial charge in [-0.3, -0.25) is 4.99 Å². The van der Waals surface area contributed by atoms with Gasteiger partial charge >= 0.3 is 0 Å². The highest BCUT2D eigenvalue weighted by Gasteiger charge is 2.06. The van der Waals surface area contributed by atoms with Crippen molar-refractivity contribution in [3.05, 3.63) is 47.2 Å². The number of hydrogen-bond acceptors (Lipinski definition) is 5. The van der Waals surface area contributed by atoms with Gasteiger partial charge in [0.15, 0.2) is 5.96 Å². The van der Waals surface area contributed by atoms with E-state index in [0.29, 0.717) is 31.5 Å². The van der Waals surface area contributed by atoms with Crippen LogP contribution in [0.5, 0.6) is 0 Å². The Morgan fingerprint density at radius 1 is 1.15 bits per heavy atom. The molecule has 0 atom stereocenters. The first-order chi connectivity index (χ1) is 12.1. The molecule has 7 nitrogen and oxygen atoms in total. The molecule has 0 unspecified atom stereocenters. The number of aliphatic imine (C=N–C) groups is 1. The molecule has 8 heteroatoms. The molecule has 0 amide bonds. The lowest BCUT2D eigenvalue weighted by molar-refractivity contribution is 0.211.